The molecule has 2 nitrogen and oxygen atoms in total. The Morgan fingerprint density at radius 3 is 2.47 bits per heavy atom. The number of benzene rings is 2. The highest BCUT2D eigenvalue weighted by Gasteiger charge is 2.03. The molecular formula is C14H14BrNO. The molecule has 0 aliphatic rings. The molecule has 88 valence electrons. The molecule has 3 heteroatoms. The lowest BCUT2D eigenvalue weighted by molar-refractivity contribution is 0.479. The predicted molar refractivity (Wildman–Crippen MR) is 73.4 cm³/mol. The third kappa shape index (κ3) is 3.32. The number of halogens is 1. The first-order valence-electron chi connectivity index (χ1n) is 5.51. The Balaban J connectivity index is 2.17. The lowest BCUT2D eigenvalue weighted by atomic mass is 10.1. The summed E-state index contributed by atoms with van der Waals surface area (Å²) in [5.74, 6) is 1.65. The van der Waals surface area contributed by atoms with Crippen molar-refractivity contribution < 1.29 is 4.74 Å². The van der Waals surface area contributed by atoms with Gasteiger partial charge in [-0.15, -0.1) is 0 Å². The summed E-state index contributed by atoms with van der Waals surface area (Å²) in [7, 11) is 0. The van der Waals surface area contributed by atoms with Crippen molar-refractivity contribution in [3.05, 3.63) is 58.6 Å². The van der Waals surface area contributed by atoms with E-state index in [2.05, 4.69) is 15.9 Å². The fraction of sp³-hybridized carbons (Fsp3) is 0.143. The Labute approximate surface area is 110 Å². The van der Waals surface area contributed by atoms with Gasteiger partial charge in [-0.05, 0) is 58.7 Å². The first-order valence-corrected chi connectivity index (χ1v) is 6.30. The second-order valence-electron chi connectivity index (χ2n) is 3.72. The van der Waals surface area contributed by atoms with Crippen molar-refractivity contribution in [3.63, 3.8) is 0 Å². The molecule has 2 aromatic rings. The Morgan fingerprint density at radius 2 is 1.82 bits per heavy atom. The second-order valence-corrected chi connectivity index (χ2v) is 4.57. The van der Waals surface area contributed by atoms with Crippen molar-refractivity contribution >= 4 is 15.9 Å². The van der Waals surface area contributed by atoms with Crippen LogP contribution in [-0.2, 0) is 6.42 Å². The summed E-state index contributed by atoms with van der Waals surface area (Å²) in [6, 6.07) is 15.8. The van der Waals surface area contributed by atoms with Gasteiger partial charge in [0.15, 0.2) is 0 Å². The molecule has 0 aliphatic carbocycles. The van der Waals surface area contributed by atoms with E-state index in [1.807, 2.05) is 48.5 Å². The zero-order valence-electron chi connectivity index (χ0n) is 9.40. The maximum absolute atomic E-state index is 5.76. The molecule has 0 radical (unpaired) electrons. The Morgan fingerprint density at radius 1 is 1.06 bits per heavy atom. The zero-order valence-corrected chi connectivity index (χ0v) is 11.0. The van der Waals surface area contributed by atoms with Gasteiger partial charge in [0.05, 0.1) is 4.47 Å². The van der Waals surface area contributed by atoms with Gasteiger partial charge in [0.1, 0.15) is 11.5 Å². The topological polar surface area (TPSA) is 35.2 Å². The summed E-state index contributed by atoms with van der Waals surface area (Å²) in [5.41, 5.74) is 6.73. The van der Waals surface area contributed by atoms with Gasteiger partial charge in [-0.25, -0.2) is 0 Å². The van der Waals surface area contributed by atoms with Crippen molar-refractivity contribution in [2.45, 2.75) is 6.42 Å². The highest BCUT2D eigenvalue weighted by molar-refractivity contribution is 9.10. The summed E-state index contributed by atoms with van der Waals surface area (Å²) < 4.78 is 6.72. The first kappa shape index (κ1) is 12.1. The highest BCUT2D eigenvalue weighted by atomic mass is 79.9. The van der Waals surface area contributed by atoms with Gasteiger partial charge in [0, 0.05) is 0 Å². The molecule has 0 atom stereocenters. The minimum Gasteiger partial charge on any atom is -0.456 e. The average molecular weight is 292 g/mol. The Bertz CT molecular complexity index is 485. The van der Waals surface area contributed by atoms with Gasteiger partial charge < -0.3 is 10.5 Å². The minimum atomic E-state index is 0.658. The standard InChI is InChI=1S/C14H14BrNO/c15-13-10-11(8-9-16)6-7-14(13)17-12-4-2-1-3-5-12/h1-7,10H,8-9,16H2. The molecule has 17 heavy (non-hydrogen) atoms. The van der Waals surface area contributed by atoms with E-state index in [-0.39, 0.29) is 0 Å². The van der Waals surface area contributed by atoms with Gasteiger partial charge in [-0.3, -0.25) is 0 Å². The largest absolute Gasteiger partial charge is 0.456 e. The van der Waals surface area contributed by atoms with E-state index in [0.29, 0.717) is 6.54 Å². The summed E-state index contributed by atoms with van der Waals surface area (Å²) in [4.78, 5) is 0. The molecular weight excluding hydrogens is 278 g/mol. The average Bonchev–Trinajstić information content (AvgIpc) is 2.34. The molecule has 0 saturated heterocycles. The number of rotatable bonds is 4. The lowest BCUT2D eigenvalue weighted by Gasteiger charge is -2.09. The highest BCUT2D eigenvalue weighted by Crippen LogP contribution is 2.30. The van der Waals surface area contributed by atoms with Crippen molar-refractivity contribution in [2.75, 3.05) is 6.54 Å². The molecule has 0 aliphatic heterocycles. The molecule has 0 amide bonds. The number of hydrogen-bond acceptors (Lipinski definition) is 2. The van der Waals surface area contributed by atoms with E-state index in [9.17, 15) is 0 Å². The Hall–Kier alpha value is -1.32. The number of ether oxygens (including phenoxy) is 1. The third-order valence-electron chi connectivity index (χ3n) is 2.40. The van der Waals surface area contributed by atoms with Crippen LogP contribution in [-0.4, -0.2) is 6.54 Å². The van der Waals surface area contributed by atoms with Crippen LogP contribution in [0.1, 0.15) is 5.56 Å². The van der Waals surface area contributed by atoms with E-state index in [1.54, 1.807) is 0 Å². The molecule has 2 aromatic carbocycles. The van der Waals surface area contributed by atoms with E-state index in [0.717, 1.165) is 22.4 Å². The van der Waals surface area contributed by atoms with Crippen LogP contribution in [0.3, 0.4) is 0 Å². The maximum Gasteiger partial charge on any atom is 0.141 e. The van der Waals surface area contributed by atoms with Crippen LogP contribution in [0.2, 0.25) is 0 Å². The smallest absolute Gasteiger partial charge is 0.141 e. The molecule has 0 bridgehead atoms. The van der Waals surface area contributed by atoms with Crippen LogP contribution < -0.4 is 10.5 Å². The van der Waals surface area contributed by atoms with Crippen LogP contribution in [0.25, 0.3) is 0 Å². The molecule has 2 N–H and O–H groups in total. The van der Waals surface area contributed by atoms with Crippen molar-refractivity contribution in [3.8, 4) is 11.5 Å². The molecule has 0 spiro atoms. The van der Waals surface area contributed by atoms with Gasteiger partial charge in [-0.2, -0.15) is 0 Å². The summed E-state index contributed by atoms with van der Waals surface area (Å²) in [6.07, 6.45) is 0.879. The molecule has 2 rings (SSSR count). The molecule has 0 heterocycles. The first-order chi connectivity index (χ1) is 8.29. The zero-order chi connectivity index (χ0) is 12.1. The van der Waals surface area contributed by atoms with Crippen LogP contribution in [0.15, 0.2) is 53.0 Å². The fourth-order valence-corrected chi connectivity index (χ4v) is 2.07. The van der Waals surface area contributed by atoms with Gasteiger partial charge in [0.2, 0.25) is 0 Å². The van der Waals surface area contributed by atoms with E-state index < -0.39 is 0 Å². The number of para-hydroxylation sites is 1. The van der Waals surface area contributed by atoms with Gasteiger partial charge >= 0.3 is 0 Å². The van der Waals surface area contributed by atoms with Crippen LogP contribution in [0.5, 0.6) is 11.5 Å². The summed E-state index contributed by atoms with van der Waals surface area (Å²) in [6.45, 7) is 0.658. The molecule has 0 unspecified atom stereocenters. The molecule has 0 saturated carbocycles. The van der Waals surface area contributed by atoms with E-state index >= 15 is 0 Å². The van der Waals surface area contributed by atoms with E-state index in [4.69, 9.17) is 10.5 Å². The predicted octanol–water partition coefficient (Wildman–Crippen LogP) is 3.74. The third-order valence-corrected chi connectivity index (χ3v) is 3.02. The van der Waals surface area contributed by atoms with Crippen molar-refractivity contribution in [1.29, 1.82) is 0 Å². The quantitative estimate of drug-likeness (QED) is 0.931. The summed E-state index contributed by atoms with van der Waals surface area (Å²) >= 11 is 3.51. The minimum absolute atomic E-state index is 0.658. The number of nitrogens with two attached hydrogens (primary N) is 1. The van der Waals surface area contributed by atoms with Crippen LogP contribution in [0, 0.1) is 0 Å². The SMILES string of the molecule is NCCc1ccc(Oc2ccccc2)c(Br)c1. The normalized spacial score (nSPS) is 10.2. The van der Waals surface area contributed by atoms with Gasteiger partial charge in [-0.1, -0.05) is 24.3 Å². The molecule has 0 fully saturated rings. The monoisotopic (exact) mass is 291 g/mol. The van der Waals surface area contributed by atoms with Crippen molar-refractivity contribution in [2.24, 2.45) is 5.73 Å². The number of hydrogen-bond donors (Lipinski definition) is 1. The Kier molecular flexibility index (Phi) is 4.18. The van der Waals surface area contributed by atoms with E-state index in [1.165, 1.54) is 5.56 Å². The van der Waals surface area contributed by atoms with Crippen LogP contribution in [0.4, 0.5) is 0 Å². The lowest BCUT2D eigenvalue weighted by Crippen LogP contribution is -2.02. The van der Waals surface area contributed by atoms with Gasteiger partial charge in [0.25, 0.3) is 0 Å². The maximum atomic E-state index is 5.76. The second kappa shape index (κ2) is 5.84. The fourth-order valence-electron chi connectivity index (χ4n) is 1.56. The molecule has 0 aromatic heterocycles. The van der Waals surface area contributed by atoms with Crippen molar-refractivity contribution in [1.82, 2.24) is 0 Å². The summed E-state index contributed by atoms with van der Waals surface area (Å²) in [5, 5.41) is 0. The van der Waals surface area contributed by atoms with Crippen LogP contribution >= 0.6 is 15.9 Å².